The molecule has 0 saturated carbocycles. The summed E-state index contributed by atoms with van der Waals surface area (Å²) in [6.07, 6.45) is 3.70. The van der Waals surface area contributed by atoms with Gasteiger partial charge in [0.1, 0.15) is 5.82 Å². The molecule has 2 heterocycles. The number of pyridine rings is 1. The molecular formula is C28H27ClFN3O4S. The monoisotopic (exact) mass is 555 g/mol. The minimum absolute atomic E-state index is 0.186. The molecule has 4 aromatic rings. The minimum atomic E-state index is -4.45. The molecule has 4 rings (SSSR count). The molecule has 0 aliphatic carbocycles. The highest BCUT2D eigenvalue weighted by Gasteiger charge is 2.31. The number of hydrogen-bond acceptors (Lipinski definition) is 6. The number of aromatic hydroxyl groups is 1. The maximum absolute atomic E-state index is 13.9. The molecule has 0 spiro atoms. The number of unbranched alkanes of at least 4 members (excludes halogenated alkanes) is 1. The Balaban J connectivity index is 1.85. The van der Waals surface area contributed by atoms with E-state index in [0.717, 1.165) is 12.0 Å². The maximum Gasteiger partial charge on any atom is 0.277 e. The van der Waals surface area contributed by atoms with Crippen LogP contribution in [0.15, 0.2) is 81.4 Å². The van der Waals surface area contributed by atoms with Gasteiger partial charge < -0.3 is 5.11 Å². The summed E-state index contributed by atoms with van der Waals surface area (Å²) in [7, 11) is -4.45. The highest BCUT2D eigenvalue weighted by atomic mass is 35.5. The summed E-state index contributed by atoms with van der Waals surface area (Å²) in [6, 6.07) is 14.9. The zero-order chi connectivity index (χ0) is 27.4. The molecule has 2 aromatic heterocycles. The normalized spacial score (nSPS) is 12.4. The molecular weight excluding hydrogens is 529 g/mol. The van der Waals surface area contributed by atoms with Gasteiger partial charge in [0.05, 0.1) is 10.9 Å². The summed E-state index contributed by atoms with van der Waals surface area (Å²) < 4.78 is 41.8. The van der Waals surface area contributed by atoms with Gasteiger partial charge in [-0.25, -0.2) is 13.4 Å². The van der Waals surface area contributed by atoms with Gasteiger partial charge in [0, 0.05) is 23.2 Å². The van der Waals surface area contributed by atoms with Crippen molar-refractivity contribution in [3.8, 4) is 17.0 Å². The van der Waals surface area contributed by atoms with E-state index in [1.54, 1.807) is 18.2 Å². The van der Waals surface area contributed by atoms with Gasteiger partial charge >= 0.3 is 0 Å². The van der Waals surface area contributed by atoms with E-state index in [1.165, 1.54) is 47.2 Å². The molecule has 2 aromatic carbocycles. The number of aromatic nitrogens is 3. The van der Waals surface area contributed by atoms with Gasteiger partial charge in [0.15, 0.2) is 4.90 Å². The molecule has 0 amide bonds. The highest BCUT2D eigenvalue weighted by molar-refractivity contribution is 7.91. The molecule has 0 aliphatic heterocycles. The first-order valence-electron chi connectivity index (χ1n) is 12.2. The quantitative estimate of drug-likeness (QED) is 0.255. The molecule has 38 heavy (non-hydrogen) atoms. The van der Waals surface area contributed by atoms with E-state index in [0.29, 0.717) is 41.2 Å². The summed E-state index contributed by atoms with van der Waals surface area (Å²) >= 11 is 6.21. The minimum Gasteiger partial charge on any atom is -0.492 e. The van der Waals surface area contributed by atoms with Crippen LogP contribution in [0.2, 0.25) is 5.02 Å². The lowest BCUT2D eigenvalue weighted by molar-refractivity contribution is 0.406. The average molecular weight is 556 g/mol. The fraction of sp³-hybridized carbons (Fsp3) is 0.250. The van der Waals surface area contributed by atoms with Crippen molar-refractivity contribution in [3.63, 3.8) is 0 Å². The third-order valence-electron chi connectivity index (χ3n) is 6.31. The van der Waals surface area contributed by atoms with Crippen LogP contribution in [0.5, 0.6) is 5.88 Å². The van der Waals surface area contributed by atoms with E-state index in [2.05, 4.69) is 9.97 Å². The fourth-order valence-corrected chi connectivity index (χ4v) is 5.93. The van der Waals surface area contributed by atoms with Crippen LogP contribution < -0.4 is 5.56 Å². The predicted octanol–water partition coefficient (Wildman–Crippen LogP) is 5.98. The summed E-state index contributed by atoms with van der Waals surface area (Å²) in [5.74, 6) is -1.15. The van der Waals surface area contributed by atoms with Gasteiger partial charge in [0.2, 0.25) is 21.7 Å². The van der Waals surface area contributed by atoms with Gasteiger partial charge in [-0.15, -0.1) is 0 Å². The van der Waals surface area contributed by atoms with Crippen LogP contribution in [0.25, 0.3) is 11.1 Å². The molecule has 7 nitrogen and oxygen atoms in total. The standard InChI is InChI=1S/C28H27ClFN3O4S/c1-3-5-9-25-32-27(34)26(28(35)33(25)23(4-2)19-7-6-8-21(29)16-19)38(36,37)22-13-10-18(11-14-22)20-12-15-24(30)31-17-20/h6-8,10-17,23,34H,3-5,9H2,1-2H3/t23-/m0/s1. The van der Waals surface area contributed by atoms with Crippen molar-refractivity contribution >= 4 is 21.4 Å². The van der Waals surface area contributed by atoms with Gasteiger partial charge in [0.25, 0.3) is 5.56 Å². The lowest BCUT2D eigenvalue weighted by Crippen LogP contribution is -2.33. The summed E-state index contributed by atoms with van der Waals surface area (Å²) in [4.78, 5) is 20.7. The third-order valence-corrected chi connectivity index (χ3v) is 8.33. The second-order valence-electron chi connectivity index (χ2n) is 8.84. The molecule has 0 bridgehead atoms. The van der Waals surface area contributed by atoms with E-state index in [9.17, 15) is 22.7 Å². The highest BCUT2D eigenvalue weighted by Crippen LogP contribution is 2.30. The van der Waals surface area contributed by atoms with Crippen LogP contribution in [0.4, 0.5) is 4.39 Å². The van der Waals surface area contributed by atoms with Gasteiger partial charge in [-0.1, -0.05) is 56.1 Å². The summed E-state index contributed by atoms with van der Waals surface area (Å²) in [6.45, 7) is 3.87. The average Bonchev–Trinajstić information content (AvgIpc) is 2.89. The number of nitrogens with zero attached hydrogens (tertiary/aromatic N) is 3. The van der Waals surface area contributed by atoms with E-state index in [-0.39, 0.29) is 4.90 Å². The largest absolute Gasteiger partial charge is 0.492 e. The summed E-state index contributed by atoms with van der Waals surface area (Å²) in [5.41, 5.74) is 1.09. The van der Waals surface area contributed by atoms with Crippen molar-refractivity contribution in [2.75, 3.05) is 0 Å². The molecule has 0 unspecified atom stereocenters. The van der Waals surface area contributed by atoms with Crippen LogP contribution in [0.3, 0.4) is 0 Å². The Kier molecular flexibility index (Phi) is 8.28. The third kappa shape index (κ3) is 5.49. The van der Waals surface area contributed by atoms with Crippen molar-refractivity contribution in [2.45, 2.75) is 55.4 Å². The Bertz CT molecular complexity index is 1610. The SMILES string of the molecule is CCCCc1nc(O)c(S(=O)(=O)c2ccc(-c3ccc(F)nc3)cc2)c(=O)n1[C@@H](CC)c1cccc(Cl)c1. The Hall–Kier alpha value is -3.56. The van der Waals surface area contributed by atoms with E-state index in [1.807, 2.05) is 19.9 Å². The van der Waals surface area contributed by atoms with Gasteiger partial charge in [-0.05, 0) is 60.4 Å². The van der Waals surface area contributed by atoms with Gasteiger partial charge in [-0.2, -0.15) is 9.37 Å². The van der Waals surface area contributed by atoms with Crippen LogP contribution in [0, 0.1) is 5.95 Å². The lowest BCUT2D eigenvalue weighted by atomic mass is 10.0. The maximum atomic E-state index is 13.9. The van der Waals surface area contributed by atoms with Crippen LogP contribution in [0.1, 0.15) is 50.5 Å². The molecule has 198 valence electrons. The Labute approximate surface area is 225 Å². The number of rotatable bonds is 9. The first-order valence-corrected chi connectivity index (χ1v) is 14.1. The van der Waals surface area contributed by atoms with Gasteiger partial charge in [-0.3, -0.25) is 9.36 Å². The van der Waals surface area contributed by atoms with Crippen LogP contribution >= 0.6 is 11.6 Å². The Morgan fingerprint density at radius 1 is 1.05 bits per heavy atom. The smallest absolute Gasteiger partial charge is 0.277 e. The topological polar surface area (TPSA) is 102 Å². The summed E-state index contributed by atoms with van der Waals surface area (Å²) in [5, 5.41) is 11.2. The lowest BCUT2D eigenvalue weighted by Gasteiger charge is -2.23. The van der Waals surface area contributed by atoms with Crippen molar-refractivity contribution in [1.82, 2.24) is 14.5 Å². The molecule has 1 N–H and O–H groups in total. The first kappa shape index (κ1) is 27.5. The Morgan fingerprint density at radius 3 is 2.37 bits per heavy atom. The van der Waals surface area contributed by atoms with E-state index < -0.39 is 38.2 Å². The predicted molar refractivity (Wildman–Crippen MR) is 144 cm³/mol. The zero-order valence-corrected chi connectivity index (χ0v) is 22.5. The van der Waals surface area contributed by atoms with Crippen LogP contribution in [-0.2, 0) is 16.3 Å². The van der Waals surface area contributed by atoms with Crippen molar-refractivity contribution in [2.24, 2.45) is 0 Å². The number of sulfone groups is 1. The zero-order valence-electron chi connectivity index (χ0n) is 20.9. The van der Waals surface area contributed by atoms with E-state index in [4.69, 9.17) is 11.6 Å². The molecule has 0 saturated heterocycles. The number of halogens is 2. The Morgan fingerprint density at radius 2 is 1.76 bits per heavy atom. The van der Waals surface area contributed by atoms with Crippen molar-refractivity contribution < 1.29 is 17.9 Å². The molecule has 1 atom stereocenters. The fourth-order valence-electron chi connectivity index (χ4n) is 4.39. The number of benzene rings is 2. The first-order chi connectivity index (χ1) is 18.2. The second kappa shape index (κ2) is 11.4. The second-order valence-corrected chi connectivity index (χ2v) is 11.2. The number of aryl methyl sites for hydroxylation is 1. The molecule has 0 fully saturated rings. The van der Waals surface area contributed by atoms with Crippen molar-refractivity contribution in [1.29, 1.82) is 0 Å². The molecule has 0 radical (unpaired) electrons. The molecule has 0 aliphatic rings. The van der Waals surface area contributed by atoms with E-state index >= 15 is 0 Å². The number of hydrogen-bond donors (Lipinski definition) is 1. The molecule has 10 heteroatoms. The van der Waals surface area contributed by atoms with Crippen molar-refractivity contribution in [3.05, 3.63) is 99.6 Å². The van der Waals surface area contributed by atoms with Crippen LogP contribution in [-0.4, -0.2) is 28.1 Å².